The molecular weight excluding hydrogens is 1010 g/mol. The van der Waals surface area contributed by atoms with Crippen LogP contribution in [-0.4, -0.2) is 163 Å². The van der Waals surface area contributed by atoms with Crippen LogP contribution in [0.3, 0.4) is 0 Å². The van der Waals surface area contributed by atoms with Gasteiger partial charge in [-0.3, -0.25) is 29.3 Å². The lowest BCUT2D eigenvalue weighted by Gasteiger charge is -2.58. The van der Waals surface area contributed by atoms with Crippen molar-refractivity contribution in [2.45, 2.75) is 166 Å². The van der Waals surface area contributed by atoms with Crippen molar-refractivity contribution in [2.75, 3.05) is 79.5 Å². The standard InChI is InChI=1S/C60H80N8O9S/c1-36(72-6)49-44(25-40(27-61-49)38-13-18-65(19-14-38)41-10-11-41)51-45-26-57(3,4)33-76-55(70)46-8-7-17-68(64-46)54(69)50(63-56(71)60-29-58(5,30-60)37(2)77-60)52(66-31-59(32-66)34-74-35-59)53-62-47(28-78-53)39-9-12-48(43(45)24-39)67(51)20-23-75-42-15-21-73-22-16-42/h9,12,24-25,27-28,36-38,41-42,46,50,52,64H,7-8,10-11,13-23,26,29-35H2,1-6H3,(H,63,71)/t36-,37-,46-,50-,52-,58?,60?/m0/s1. The number of esters is 1. The Balaban J connectivity index is 0.948. The number of nitrogens with one attached hydrogen (secondary N) is 2. The second kappa shape index (κ2) is 20.6. The van der Waals surface area contributed by atoms with Crippen LogP contribution in [0.1, 0.15) is 139 Å². The van der Waals surface area contributed by atoms with Crippen LogP contribution in [0.2, 0.25) is 0 Å². The Hall–Kier alpha value is -4.37. The lowest BCUT2D eigenvalue weighted by Crippen LogP contribution is -2.70. The molecule has 18 heteroatoms. The maximum absolute atomic E-state index is 15.4. The predicted molar refractivity (Wildman–Crippen MR) is 294 cm³/mol. The number of pyridine rings is 1. The monoisotopic (exact) mass is 1090 g/mol. The number of benzene rings is 1. The first-order chi connectivity index (χ1) is 37.6. The number of carbonyl (C=O) groups is 3. The highest BCUT2D eigenvalue weighted by Gasteiger charge is 2.68. The van der Waals surface area contributed by atoms with E-state index >= 15 is 4.79 Å². The molecule has 14 rings (SSSR count). The van der Waals surface area contributed by atoms with Gasteiger partial charge in [0.1, 0.15) is 22.7 Å². The van der Waals surface area contributed by atoms with Crippen LogP contribution in [0.4, 0.5) is 0 Å². The third-order valence-electron chi connectivity index (χ3n) is 19.4. The second-order valence-electron chi connectivity index (χ2n) is 25.9. The second-order valence-corrected chi connectivity index (χ2v) is 26.8. The zero-order valence-electron chi connectivity index (χ0n) is 46.6. The van der Waals surface area contributed by atoms with Crippen LogP contribution in [0.25, 0.3) is 33.4 Å². The first kappa shape index (κ1) is 53.0. The van der Waals surface area contributed by atoms with Crippen molar-refractivity contribution in [2.24, 2.45) is 16.2 Å². The third kappa shape index (κ3) is 9.73. The number of methoxy groups -OCH3 is 1. The Kier molecular flexibility index (Phi) is 14.0. The van der Waals surface area contributed by atoms with Gasteiger partial charge in [-0.1, -0.05) is 26.8 Å². The van der Waals surface area contributed by atoms with Crippen molar-refractivity contribution in [1.29, 1.82) is 0 Å². The van der Waals surface area contributed by atoms with Crippen LogP contribution in [0, 0.1) is 16.2 Å². The highest BCUT2D eigenvalue weighted by atomic mass is 32.1. The summed E-state index contributed by atoms with van der Waals surface area (Å²) < 4.78 is 39.6. The summed E-state index contributed by atoms with van der Waals surface area (Å²) in [4.78, 5) is 60.4. The molecule has 2 amide bonds. The van der Waals surface area contributed by atoms with Gasteiger partial charge in [0.15, 0.2) is 0 Å². The van der Waals surface area contributed by atoms with E-state index in [4.69, 9.17) is 38.4 Å². The lowest BCUT2D eigenvalue weighted by molar-refractivity contribution is -0.203. The van der Waals surface area contributed by atoms with Crippen LogP contribution < -0.4 is 10.7 Å². The first-order valence-corrected chi connectivity index (χ1v) is 30.1. The maximum Gasteiger partial charge on any atom is 0.324 e. The SMILES string of the molecule is CO[C@@H](C)c1ncc(C2CCN(C3CC3)CC2)cc1-c1c2c3cc(ccc3n1CCOC1CCOCC1)-c1csc(n1)[C@@H](N1CC3(COC3)C1)[C@H](NC(=O)C13CC(C)(C1)[C@H](C)O3)C(=O)N1CCC[C@H](N1)C(=O)OCC(C)(C)C2. The topological polar surface area (TPSA) is 171 Å². The number of carbonyl (C=O) groups excluding carboxylic acids is 3. The van der Waals surface area contributed by atoms with E-state index in [-0.39, 0.29) is 47.6 Å². The number of piperidine rings is 1. The molecule has 2 saturated carbocycles. The van der Waals surface area contributed by atoms with Crippen molar-refractivity contribution in [1.82, 2.24) is 40.1 Å². The molecule has 11 heterocycles. The van der Waals surface area contributed by atoms with Crippen molar-refractivity contribution in [3.63, 3.8) is 0 Å². The molecule has 7 saturated heterocycles. The van der Waals surface area contributed by atoms with Gasteiger partial charge in [0.05, 0.1) is 67.9 Å². The van der Waals surface area contributed by atoms with E-state index in [1.54, 1.807) is 12.1 Å². The molecule has 2 N–H and O–H groups in total. The molecule has 5 atom stereocenters. The zero-order valence-corrected chi connectivity index (χ0v) is 47.4. The van der Waals surface area contributed by atoms with Gasteiger partial charge in [-0.15, -0.1) is 11.3 Å². The lowest BCUT2D eigenvalue weighted by atomic mass is 9.61. The number of fused-ring (bicyclic) bond motifs is 7. The van der Waals surface area contributed by atoms with Crippen molar-refractivity contribution < 1.29 is 42.8 Å². The van der Waals surface area contributed by atoms with E-state index in [0.29, 0.717) is 97.2 Å². The molecule has 0 radical (unpaired) electrons. The largest absolute Gasteiger partial charge is 0.464 e. The average molecular weight is 1090 g/mol. The fourth-order valence-corrected chi connectivity index (χ4v) is 15.5. The molecule has 0 unspecified atom stereocenters. The minimum Gasteiger partial charge on any atom is -0.464 e. The number of hydrazine groups is 1. The van der Waals surface area contributed by atoms with Crippen molar-refractivity contribution >= 4 is 40.0 Å². The van der Waals surface area contributed by atoms with Gasteiger partial charge in [0.2, 0.25) is 0 Å². The quantitative estimate of drug-likeness (QED) is 0.134. The smallest absolute Gasteiger partial charge is 0.324 e. The molecule has 9 fully saturated rings. The van der Waals surface area contributed by atoms with Crippen molar-refractivity contribution in [3.8, 4) is 22.5 Å². The summed E-state index contributed by atoms with van der Waals surface area (Å²) in [5.74, 6) is -0.610. The minimum atomic E-state index is -1.04. The summed E-state index contributed by atoms with van der Waals surface area (Å²) in [5, 5.41) is 8.78. The summed E-state index contributed by atoms with van der Waals surface area (Å²) in [6.07, 6.45) is 11.3. The number of hydrogen-bond acceptors (Lipinski definition) is 15. The Morgan fingerprint density at radius 2 is 1.74 bits per heavy atom. The Labute approximate surface area is 462 Å². The molecule has 78 heavy (non-hydrogen) atoms. The maximum atomic E-state index is 15.4. The Bertz CT molecular complexity index is 2920. The molecule has 420 valence electrons. The van der Waals surface area contributed by atoms with Crippen LogP contribution >= 0.6 is 11.3 Å². The highest BCUT2D eigenvalue weighted by molar-refractivity contribution is 7.10. The van der Waals surface area contributed by atoms with E-state index in [9.17, 15) is 9.59 Å². The van der Waals surface area contributed by atoms with Gasteiger partial charge in [-0.2, -0.15) is 0 Å². The summed E-state index contributed by atoms with van der Waals surface area (Å²) >= 11 is 1.52. The molecule has 10 aliphatic rings. The van der Waals surface area contributed by atoms with Gasteiger partial charge in [-0.25, -0.2) is 10.4 Å². The fraction of sp³-hybridized carbons (Fsp3) is 0.683. The Morgan fingerprint density at radius 1 is 0.962 bits per heavy atom. The normalized spacial score (nSPS) is 31.1. The zero-order chi connectivity index (χ0) is 53.7. The van der Waals surface area contributed by atoms with E-state index in [1.807, 2.05) is 6.92 Å². The number of nitrogens with zero attached hydrogens (tertiary/aromatic N) is 6. The molecular formula is C60H80N8O9S. The highest BCUT2D eigenvalue weighted by Crippen LogP contribution is 2.61. The molecule has 1 spiro atoms. The molecule has 8 bridgehead atoms. The van der Waals surface area contributed by atoms with Gasteiger partial charge in [0, 0.05) is 102 Å². The fourth-order valence-electron chi connectivity index (χ4n) is 14.5. The number of cyclic esters (lactones) is 1. The number of hydrogen-bond donors (Lipinski definition) is 2. The summed E-state index contributed by atoms with van der Waals surface area (Å²) in [6, 6.07) is 7.45. The predicted octanol–water partition coefficient (Wildman–Crippen LogP) is 7.51. The van der Waals surface area contributed by atoms with Gasteiger partial charge in [0.25, 0.3) is 11.8 Å². The number of aromatic nitrogens is 3. The number of likely N-dealkylation sites (tertiary alicyclic amines) is 2. The molecule has 8 aliphatic heterocycles. The summed E-state index contributed by atoms with van der Waals surface area (Å²) in [6.45, 7) is 18.6. The molecule has 17 nitrogen and oxygen atoms in total. The number of ether oxygens (including phenoxy) is 6. The van der Waals surface area contributed by atoms with Gasteiger partial charge >= 0.3 is 5.97 Å². The van der Waals surface area contributed by atoms with Crippen LogP contribution in [0.15, 0.2) is 35.8 Å². The number of rotatable bonds is 12. The molecule has 3 aromatic heterocycles. The minimum absolute atomic E-state index is 0.0000543. The van der Waals surface area contributed by atoms with E-state index in [2.05, 4.69) is 88.6 Å². The molecule has 4 aromatic rings. The number of amides is 2. The average Bonchev–Trinajstić information content (AvgIpc) is 4.03. The number of thiazole rings is 1. The van der Waals surface area contributed by atoms with E-state index in [0.717, 1.165) is 94.5 Å². The van der Waals surface area contributed by atoms with E-state index < -0.39 is 35.1 Å². The summed E-state index contributed by atoms with van der Waals surface area (Å²) in [7, 11) is 1.76. The van der Waals surface area contributed by atoms with Crippen LogP contribution in [0.5, 0.6) is 0 Å². The van der Waals surface area contributed by atoms with Crippen molar-refractivity contribution in [3.05, 3.63) is 57.7 Å². The van der Waals surface area contributed by atoms with E-state index in [1.165, 1.54) is 29.7 Å². The molecule has 1 aromatic carbocycles. The first-order valence-electron chi connectivity index (χ1n) is 29.2. The third-order valence-corrected chi connectivity index (χ3v) is 20.3. The Morgan fingerprint density at radius 3 is 2.45 bits per heavy atom. The molecule has 2 aliphatic carbocycles. The van der Waals surface area contributed by atoms with Gasteiger partial charge in [-0.05, 0) is 133 Å². The summed E-state index contributed by atoms with van der Waals surface area (Å²) in [5.41, 5.74) is 9.89. The van der Waals surface area contributed by atoms with Crippen LogP contribution in [-0.2, 0) is 55.8 Å². The van der Waals surface area contributed by atoms with Gasteiger partial charge < -0.3 is 43.2 Å².